The molecule has 2 nitrogen and oxygen atoms in total. The maximum Gasteiger partial charge on any atom is 0.240 e. The summed E-state index contributed by atoms with van der Waals surface area (Å²) in [4.78, 5) is 10.8. The van der Waals surface area contributed by atoms with Crippen molar-refractivity contribution in [3.05, 3.63) is 33.3 Å². The highest BCUT2D eigenvalue weighted by Crippen LogP contribution is 2.30. The molecule has 0 aliphatic heterocycles. The summed E-state index contributed by atoms with van der Waals surface area (Å²) in [6, 6.07) is 5.02. The van der Waals surface area contributed by atoms with E-state index in [1.54, 1.807) is 18.2 Å². The third-order valence-corrected chi connectivity index (χ3v) is 2.89. The molecule has 1 rings (SSSR count). The molecule has 1 aromatic carbocycles. The van der Waals surface area contributed by atoms with Crippen LogP contribution in [-0.4, -0.2) is 5.91 Å². The van der Waals surface area contributed by atoms with Crippen LogP contribution in [0.2, 0.25) is 5.02 Å². The van der Waals surface area contributed by atoms with Gasteiger partial charge in [0.2, 0.25) is 5.91 Å². The van der Waals surface area contributed by atoms with Crippen LogP contribution in [0.1, 0.15) is 10.9 Å². The third kappa shape index (κ3) is 2.59. The van der Waals surface area contributed by atoms with Gasteiger partial charge in [0.05, 0.1) is 0 Å². The maximum atomic E-state index is 10.8. The first-order chi connectivity index (χ1) is 6.02. The number of nitrogens with two attached hydrogens (primary N) is 1. The van der Waals surface area contributed by atoms with Gasteiger partial charge in [-0.25, -0.2) is 0 Å². The molecule has 0 heterocycles. The molecular formula is C8H6BrCl2NO. The van der Waals surface area contributed by atoms with Gasteiger partial charge in [-0.2, -0.15) is 0 Å². The van der Waals surface area contributed by atoms with E-state index in [1.807, 2.05) is 0 Å². The van der Waals surface area contributed by atoms with Crippen LogP contribution in [0.15, 0.2) is 22.7 Å². The molecule has 5 heteroatoms. The third-order valence-electron chi connectivity index (χ3n) is 1.48. The fourth-order valence-corrected chi connectivity index (χ4v) is 1.83. The first-order valence-electron chi connectivity index (χ1n) is 3.40. The zero-order chi connectivity index (χ0) is 10.0. The Hall–Kier alpha value is -0.250. The Morgan fingerprint density at radius 3 is 2.69 bits per heavy atom. The smallest absolute Gasteiger partial charge is 0.240 e. The SMILES string of the molecule is NC(=O)C(Cl)c1cc(Cl)ccc1Br. The van der Waals surface area contributed by atoms with E-state index in [9.17, 15) is 4.79 Å². The fraction of sp³-hybridized carbons (Fsp3) is 0.125. The topological polar surface area (TPSA) is 43.1 Å². The lowest BCUT2D eigenvalue weighted by Crippen LogP contribution is -2.17. The second-order valence-corrected chi connectivity index (χ2v) is 4.16. The maximum absolute atomic E-state index is 10.8. The van der Waals surface area contributed by atoms with Crippen molar-refractivity contribution >= 4 is 45.0 Å². The van der Waals surface area contributed by atoms with E-state index in [4.69, 9.17) is 28.9 Å². The summed E-state index contributed by atoms with van der Waals surface area (Å²) in [5.41, 5.74) is 5.64. The van der Waals surface area contributed by atoms with Crippen LogP contribution in [0.4, 0.5) is 0 Å². The van der Waals surface area contributed by atoms with E-state index in [0.717, 1.165) is 4.47 Å². The van der Waals surface area contributed by atoms with Gasteiger partial charge in [0, 0.05) is 9.50 Å². The quantitative estimate of drug-likeness (QED) is 0.833. The lowest BCUT2D eigenvalue weighted by atomic mass is 10.1. The average Bonchev–Trinajstić information content (AvgIpc) is 2.08. The molecule has 1 unspecified atom stereocenters. The Labute approximate surface area is 94.1 Å². The minimum absolute atomic E-state index is 0.519. The Kier molecular flexibility index (Phi) is 3.59. The van der Waals surface area contributed by atoms with E-state index in [2.05, 4.69) is 15.9 Å². The highest BCUT2D eigenvalue weighted by molar-refractivity contribution is 9.10. The van der Waals surface area contributed by atoms with Crippen LogP contribution in [0.25, 0.3) is 0 Å². The molecule has 0 bridgehead atoms. The number of alkyl halides is 1. The lowest BCUT2D eigenvalue weighted by molar-refractivity contribution is -0.117. The number of hydrogen-bond acceptors (Lipinski definition) is 1. The van der Waals surface area contributed by atoms with Crippen molar-refractivity contribution in [3.8, 4) is 0 Å². The highest BCUT2D eigenvalue weighted by atomic mass is 79.9. The molecular weight excluding hydrogens is 277 g/mol. The van der Waals surface area contributed by atoms with Crippen LogP contribution in [0.3, 0.4) is 0 Å². The summed E-state index contributed by atoms with van der Waals surface area (Å²) in [6.45, 7) is 0. The van der Waals surface area contributed by atoms with Crippen molar-refractivity contribution in [2.24, 2.45) is 5.73 Å². The van der Waals surface area contributed by atoms with Crippen LogP contribution < -0.4 is 5.73 Å². The first kappa shape index (κ1) is 10.8. The minimum Gasteiger partial charge on any atom is -0.368 e. The molecule has 0 fully saturated rings. The van der Waals surface area contributed by atoms with Crippen LogP contribution >= 0.6 is 39.1 Å². The zero-order valence-corrected chi connectivity index (χ0v) is 9.53. The summed E-state index contributed by atoms with van der Waals surface area (Å²) in [7, 11) is 0. The van der Waals surface area contributed by atoms with Gasteiger partial charge in [0.1, 0.15) is 5.38 Å². The summed E-state index contributed by atoms with van der Waals surface area (Å²) in [5.74, 6) is -0.593. The first-order valence-corrected chi connectivity index (χ1v) is 5.01. The van der Waals surface area contributed by atoms with E-state index in [0.29, 0.717) is 10.6 Å². The van der Waals surface area contributed by atoms with Gasteiger partial charge in [-0.05, 0) is 23.8 Å². The molecule has 0 aliphatic rings. The van der Waals surface area contributed by atoms with Gasteiger partial charge in [0.25, 0.3) is 0 Å². The molecule has 0 radical (unpaired) electrons. The number of amides is 1. The van der Waals surface area contributed by atoms with Crippen molar-refractivity contribution in [1.29, 1.82) is 0 Å². The van der Waals surface area contributed by atoms with Gasteiger partial charge >= 0.3 is 0 Å². The van der Waals surface area contributed by atoms with Gasteiger partial charge in [-0.15, -0.1) is 11.6 Å². The Morgan fingerprint density at radius 1 is 1.54 bits per heavy atom. The second kappa shape index (κ2) is 4.31. The number of rotatable bonds is 2. The number of primary amides is 1. The molecule has 0 spiro atoms. The summed E-state index contributed by atoms with van der Waals surface area (Å²) in [5, 5.41) is -0.335. The molecule has 0 saturated carbocycles. The molecule has 1 amide bonds. The summed E-state index contributed by atoms with van der Waals surface area (Å²) >= 11 is 14.7. The van der Waals surface area contributed by atoms with Crippen molar-refractivity contribution < 1.29 is 4.79 Å². The molecule has 13 heavy (non-hydrogen) atoms. The number of carbonyl (C=O) groups is 1. The van der Waals surface area contributed by atoms with Crippen LogP contribution in [0.5, 0.6) is 0 Å². The fourth-order valence-electron chi connectivity index (χ4n) is 0.862. The number of hydrogen-bond donors (Lipinski definition) is 1. The van der Waals surface area contributed by atoms with E-state index in [1.165, 1.54) is 0 Å². The average molecular weight is 283 g/mol. The van der Waals surface area contributed by atoms with E-state index < -0.39 is 11.3 Å². The minimum atomic E-state index is -0.854. The number of benzene rings is 1. The monoisotopic (exact) mass is 281 g/mol. The van der Waals surface area contributed by atoms with E-state index in [-0.39, 0.29) is 0 Å². The van der Waals surface area contributed by atoms with Crippen LogP contribution in [0, 0.1) is 0 Å². The largest absolute Gasteiger partial charge is 0.368 e. The summed E-state index contributed by atoms with van der Waals surface area (Å²) in [6.07, 6.45) is 0. The summed E-state index contributed by atoms with van der Waals surface area (Å²) < 4.78 is 0.718. The van der Waals surface area contributed by atoms with Gasteiger partial charge in [-0.1, -0.05) is 27.5 Å². The molecule has 2 N–H and O–H groups in total. The lowest BCUT2D eigenvalue weighted by Gasteiger charge is -2.08. The Bertz CT molecular complexity index is 343. The van der Waals surface area contributed by atoms with E-state index >= 15 is 0 Å². The van der Waals surface area contributed by atoms with Gasteiger partial charge in [-0.3, -0.25) is 4.79 Å². The molecule has 1 aromatic rings. The Balaban J connectivity index is 3.12. The number of carbonyl (C=O) groups excluding carboxylic acids is 1. The van der Waals surface area contributed by atoms with Crippen molar-refractivity contribution in [1.82, 2.24) is 0 Å². The standard InChI is InChI=1S/C8H6BrCl2NO/c9-6-2-1-4(10)3-5(6)7(11)8(12)13/h1-3,7H,(H2,12,13). The zero-order valence-electron chi connectivity index (χ0n) is 6.43. The van der Waals surface area contributed by atoms with Crippen molar-refractivity contribution in [3.63, 3.8) is 0 Å². The molecule has 70 valence electrons. The molecule has 0 aromatic heterocycles. The van der Waals surface area contributed by atoms with Crippen LogP contribution in [-0.2, 0) is 4.79 Å². The molecule has 1 atom stereocenters. The van der Waals surface area contributed by atoms with Gasteiger partial charge < -0.3 is 5.73 Å². The van der Waals surface area contributed by atoms with Crippen molar-refractivity contribution in [2.45, 2.75) is 5.38 Å². The van der Waals surface area contributed by atoms with Gasteiger partial charge in [0.15, 0.2) is 0 Å². The number of halogens is 3. The Morgan fingerprint density at radius 2 is 2.15 bits per heavy atom. The van der Waals surface area contributed by atoms with Crippen molar-refractivity contribution in [2.75, 3.05) is 0 Å². The molecule has 0 saturated heterocycles. The molecule has 0 aliphatic carbocycles. The predicted molar refractivity (Wildman–Crippen MR) is 56.9 cm³/mol. The highest BCUT2D eigenvalue weighted by Gasteiger charge is 2.17. The normalized spacial score (nSPS) is 12.5. The second-order valence-electron chi connectivity index (χ2n) is 2.43. The predicted octanol–water partition coefficient (Wildman–Crippen LogP) is 2.87.